The molecule has 0 atom stereocenters. The van der Waals surface area contributed by atoms with Crippen LogP contribution in [0.4, 0.5) is 5.69 Å². The van der Waals surface area contributed by atoms with Crippen LogP contribution in [-0.2, 0) is 6.54 Å². The third kappa shape index (κ3) is 5.51. The summed E-state index contributed by atoms with van der Waals surface area (Å²) in [5.41, 5.74) is 4.07. The van der Waals surface area contributed by atoms with Crippen molar-refractivity contribution in [2.75, 3.05) is 14.2 Å². The lowest BCUT2D eigenvalue weighted by atomic mass is 10.2. The van der Waals surface area contributed by atoms with Gasteiger partial charge < -0.3 is 9.47 Å². The summed E-state index contributed by atoms with van der Waals surface area (Å²) in [7, 11) is 3.06. The Balaban J connectivity index is 1.68. The molecule has 0 unspecified atom stereocenters. The number of methoxy groups -OCH3 is 2. The second-order valence-corrected chi connectivity index (χ2v) is 8.09. The number of ether oxygens (including phenoxy) is 2. The fourth-order valence-electron chi connectivity index (χ4n) is 2.77. The van der Waals surface area contributed by atoms with E-state index in [-0.39, 0.29) is 11.4 Å². The van der Waals surface area contributed by atoms with Crippen molar-refractivity contribution in [2.45, 2.75) is 6.54 Å². The lowest BCUT2D eigenvalue weighted by Gasteiger charge is -2.10. The van der Waals surface area contributed by atoms with E-state index in [0.29, 0.717) is 32.6 Å². The number of carbonyl (C=O) groups is 1. The fourth-order valence-corrected chi connectivity index (χ4v) is 3.89. The third-order valence-corrected chi connectivity index (χ3v) is 5.43. The Kier molecular flexibility index (Phi) is 7.59. The average Bonchev–Trinajstić information content (AvgIpc) is 3.13. The Labute approximate surface area is 199 Å². The molecule has 3 aromatic rings. The number of nitrogens with zero attached hydrogens (tertiary/aromatic N) is 4. The summed E-state index contributed by atoms with van der Waals surface area (Å²) in [6.45, 7) is 0.340. The number of halogens is 2. The van der Waals surface area contributed by atoms with Crippen molar-refractivity contribution < 1.29 is 19.2 Å². The number of aromatic nitrogens is 2. The molecule has 0 radical (unpaired) electrons. The summed E-state index contributed by atoms with van der Waals surface area (Å²) in [5.74, 6) is 0.564. The van der Waals surface area contributed by atoms with Crippen molar-refractivity contribution in [2.24, 2.45) is 5.10 Å². The van der Waals surface area contributed by atoms with E-state index >= 15 is 0 Å². The minimum absolute atomic E-state index is 0.00911. The zero-order chi connectivity index (χ0) is 23.3. The van der Waals surface area contributed by atoms with Crippen molar-refractivity contribution in [3.05, 3.63) is 78.5 Å². The fraction of sp³-hybridized carbons (Fsp3) is 0.150. The second kappa shape index (κ2) is 10.4. The molecule has 10 nitrogen and oxygen atoms in total. The number of nitrogens with one attached hydrogen (secondary N) is 1. The van der Waals surface area contributed by atoms with Crippen molar-refractivity contribution in [3.8, 4) is 11.5 Å². The van der Waals surface area contributed by atoms with Crippen LogP contribution >= 0.6 is 31.9 Å². The highest BCUT2D eigenvalue weighted by Gasteiger charge is 2.15. The Morgan fingerprint density at radius 2 is 1.94 bits per heavy atom. The van der Waals surface area contributed by atoms with Crippen LogP contribution in [0.2, 0.25) is 0 Å². The largest absolute Gasteiger partial charge is 0.493 e. The van der Waals surface area contributed by atoms with E-state index in [1.807, 2.05) is 0 Å². The number of benzene rings is 2. The number of rotatable bonds is 8. The first-order valence-electron chi connectivity index (χ1n) is 9.03. The van der Waals surface area contributed by atoms with Gasteiger partial charge in [0.2, 0.25) is 0 Å². The van der Waals surface area contributed by atoms with Gasteiger partial charge in [0, 0.05) is 18.3 Å². The highest BCUT2D eigenvalue weighted by atomic mass is 79.9. The molecule has 0 aliphatic rings. The van der Waals surface area contributed by atoms with Crippen LogP contribution < -0.4 is 14.9 Å². The molecule has 12 heteroatoms. The lowest BCUT2D eigenvalue weighted by Crippen LogP contribution is -2.19. The van der Waals surface area contributed by atoms with Crippen molar-refractivity contribution in [1.82, 2.24) is 15.2 Å². The highest BCUT2D eigenvalue weighted by Crippen LogP contribution is 2.35. The number of hydrazone groups is 1. The van der Waals surface area contributed by atoms with E-state index in [1.54, 1.807) is 35.1 Å². The SMILES string of the molecule is COc1cc(/C=N\NC(=O)c2nn(Cc3ccc([N+](=O)[O-])cc3)cc2Br)cc(Br)c1OC. The molecule has 166 valence electrons. The van der Waals surface area contributed by atoms with Gasteiger partial charge in [0.15, 0.2) is 17.2 Å². The molecule has 3 rings (SSSR count). The second-order valence-electron chi connectivity index (χ2n) is 6.38. The summed E-state index contributed by atoms with van der Waals surface area (Å²) >= 11 is 6.72. The van der Waals surface area contributed by atoms with E-state index in [9.17, 15) is 14.9 Å². The number of hydrogen-bond acceptors (Lipinski definition) is 7. The molecule has 0 saturated heterocycles. The van der Waals surface area contributed by atoms with Crippen LogP contribution in [0.5, 0.6) is 11.5 Å². The van der Waals surface area contributed by atoms with E-state index in [4.69, 9.17) is 9.47 Å². The van der Waals surface area contributed by atoms with E-state index < -0.39 is 10.8 Å². The van der Waals surface area contributed by atoms with Crippen LogP contribution in [0.15, 0.2) is 56.6 Å². The number of carbonyl (C=O) groups excluding carboxylic acids is 1. The molecule has 32 heavy (non-hydrogen) atoms. The molecular formula is C20H17Br2N5O5. The Morgan fingerprint density at radius 1 is 1.22 bits per heavy atom. The van der Waals surface area contributed by atoms with E-state index in [1.165, 1.54) is 32.6 Å². The van der Waals surface area contributed by atoms with Crippen molar-refractivity contribution in [1.29, 1.82) is 0 Å². The number of nitro groups is 1. The van der Waals surface area contributed by atoms with Crippen molar-refractivity contribution >= 4 is 49.7 Å². The molecule has 1 N–H and O–H groups in total. The molecular weight excluding hydrogens is 550 g/mol. The minimum atomic E-state index is -0.505. The van der Waals surface area contributed by atoms with Crippen LogP contribution in [0.1, 0.15) is 21.6 Å². The standard InChI is InChI=1S/C20H17Br2N5O5/c1-31-17-8-13(7-15(21)19(17)32-2)9-23-24-20(28)18-16(22)11-26(25-18)10-12-3-5-14(6-4-12)27(29)30/h3-9,11H,10H2,1-2H3,(H,24,28)/b23-9-. The molecule has 0 saturated carbocycles. The third-order valence-electron chi connectivity index (χ3n) is 4.26. The molecule has 0 spiro atoms. The maximum absolute atomic E-state index is 12.5. The molecule has 0 bridgehead atoms. The van der Waals surface area contributed by atoms with E-state index in [0.717, 1.165) is 5.56 Å². The Bertz CT molecular complexity index is 1180. The zero-order valence-electron chi connectivity index (χ0n) is 16.9. The predicted octanol–water partition coefficient (Wildman–Crippen LogP) is 4.15. The van der Waals surface area contributed by atoms with Crippen LogP contribution in [0, 0.1) is 10.1 Å². The first-order chi connectivity index (χ1) is 15.3. The number of nitro benzene ring substituents is 1. The number of amides is 1. The first-order valence-corrected chi connectivity index (χ1v) is 10.6. The van der Waals surface area contributed by atoms with Gasteiger partial charge in [-0.15, -0.1) is 0 Å². The van der Waals surface area contributed by atoms with Gasteiger partial charge >= 0.3 is 0 Å². The molecule has 0 aliphatic heterocycles. The van der Waals surface area contributed by atoms with E-state index in [2.05, 4.69) is 47.5 Å². The summed E-state index contributed by atoms with van der Waals surface area (Å²) in [4.78, 5) is 22.8. The van der Waals surface area contributed by atoms with Gasteiger partial charge in [0.05, 0.1) is 40.8 Å². The van der Waals surface area contributed by atoms with Gasteiger partial charge in [-0.2, -0.15) is 10.2 Å². The topological polar surface area (TPSA) is 121 Å². The quantitative estimate of drug-likeness (QED) is 0.248. The minimum Gasteiger partial charge on any atom is -0.493 e. The first kappa shape index (κ1) is 23.4. The molecule has 2 aromatic carbocycles. The van der Waals surface area contributed by atoms with Crippen LogP contribution in [-0.4, -0.2) is 41.0 Å². The zero-order valence-corrected chi connectivity index (χ0v) is 20.1. The molecule has 1 aromatic heterocycles. The average molecular weight is 567 g/mol. The predicted molar refractivity (Wildman–Crippen MR) is 124 cm³/mol. The number of non-ortho nitro benzene ring substituents is 1. The highest BCUT2D eigenvalue weighted by molar-refractivity contribution is 9.10. The summed E-state index contributed by atoms with van der Waals surface area (Å²) in [6, 6.07) is 9.60. The molecule has 0 fully saturated rings. The number of hydrogen-bond donors (Lipinski definition) is 1. The Morgan fingerprint density at radius 3 is 2.56 bits per heavy atom. The summed E-state index contributed by atoms with van der Waals surface area (Å²) in [5, 5.41) is 19.0. The molecule has 1 heterocycles. The summed E-state index contributed by atoms with van der Waals surface area (Å²) in [6.07, 6.45) is 3.11. The van der Waals surface area contributed by atoms with Crippen LogP contribution in [0.3, 0.4) is 0 Å². The van der Waals surface area contributed by atoms with Crippen LogP contribution in [0.25, 0.3) is 0 Å². The maximum Gasteiger partial charge on any atom is 0.293 e. The molecule has 0 aliphatic carbocycles. The molecule has 1 amide bonds. The summed E-state index contributed by atoms with van der Waals surface area (Å²) < 4.78 is 13.3. The van der Waals surface area contributed by atoms with Crippen molar-refractivity contribution in [3.63, 3.8) is 0 Å². The van der Waals surface area contributed by atoms with Gasteiger partial charge in [-0.1, -0.05) is 12.1 Å². The maximum atomic E-state index is 12.5. The van der Waals surface area contributed by atoms with Gasteiger partial charge in [-0.05, 0) is 55.1 Å². The monoisotopic (exact) mass is 565 g/mol. The smallest absolute Gasteiger partial charge is 0.293 e. The van der Waals surface area contributed by atoms with Gasteiger partial charge in [0.1, 0.15) is 0 Å². The normalized spacial score (nSPS) is 10.9. The lowest BCUT2D eigenvalue weighted by molar-refractivity contribution is -0.384. The van der Waals surface area contributed by atoms with Gasteiger partial charge in [-0.3, -0.25) is 19.6 Å². The van der Waals surface area contributed by atoms with Gasteiger partial charge in [0.25, 0.3) is 11.6 Å². The Hall–Kier alpha value is -3.25. The van der Waals surface area contributed by atoms with Gasteiger partial charge in [-0.25, -0.2) is 5.43 Å².